The molecule has 164 valence electrons. The maximum atomic E-state index is 13.3. The van der Waals surface area contributed by atoms with E-state index in [1.54, 1.807) is 18.2 Å². The van der Waals surface area contributed by atoms with Gasteiger partial charge in [-0.2, -0.15) is 0 Å². The molecular weight excluding hydrogens is 414 g/mol. The van der Waals surface area contributed by atoms with Crippen molar-refractivity contribution in [1.29, 1.82) is 0 Å². The van der Waals surface area contributed by atoms with E-state index in [0.717, 1.165) is 29.7 Å². The number of fused-ring (bicyclic) bond motifs is 1. The van der Waals surface area contributed by atoms with Gasteiger partial charge in [-0.25, -0.2) is 8.42 Å². The van der Waals surface area contributed by atoms with Gasteiger partial charge in [-0.05, 0) is 72.1 Å². The second-order valence-electron chi connectivity index (χ2n) is 9.39. The lowest BCUT2D eigenvalue weighted by atomic mass is 10.0. The quantitative estimate of drug-likeness (QED) is 0.651. The molecular formula is C23H33NO4SSi. The van der Waals surface area contributed by atoms with Gasteiger partial charge in [0.1, 0.15) is 10.6 Å². The molecule has 0 aliphatic carbocycles. The highest BCUT2D eigenvalue weighted by molar-refractivity contribution is 7.91. The molecule has 1 aliphatic heterocycles. The van der Waals surface area contributed by atoms with Crippen LogP contribution in [0.4, 0.5) is 0 Å². The van der Waals surface area contributed by atoms with Gasteiger partial charge in [0.2, 0.25) is 9.84 Å². The van der Waals surface area contributed by atoms with Crippen LogP contribution in [-0.2, 0) is 33.8 Å². The van der Waals surface area contributed by atoms with Crippen molar-refractivity contribution in [1.82, 2.24) is 5.32 Å². The molecule has 0 fully saturated rings. The minimum atomic E-state index is -3.68. The summed E-state index contributed by atoms with van der Waals surface area (Å²) < 4.78 is 38.4. The summed E-state index contributed by atoms with van der Waals surface area (Å²) in [4.78, 5) is 0.485. The van der Waals surface area contributed by atoms with Crippen molar-refractivity contribution in [3.8, 4) is 5.75 Å². The summed E-state index contributed by atoms with van der Waals surface area (Å²) in [5, 5.41) is 3.43. The van der Waals surface area contributed by atoms with Crippen LogP contribution in [-0.4, -0.2) is 30.4 Å². The standard InChI is InChI=1S/C23H33NO4SSi/c1-23(2,3)30(5,6)28-16-17-7-9-20(10-8-17)29(25,26)22-14-19-15-24-12-11-18(19)13-21(22)27-4/h7-10,13-14,24H,11-12,15-16H2,1-6H3. The first-order chi connectivity index (χ1) is 14.0. The normalized spacial score (nSPS) is 15.0. The predicted molar refractivity (Wildman–Crippen MR) is 122 cm³/mol. The van der Waals surface area contributed by atoms with Crippen LogP contribution < -0.4 is 10.1 Å². The van der Waals surface area contributed by atoms with Gasteiger partial charge in [-0.1, -0.05) is 32.9 Å². The van der Waals surface area contributed by atoms with Crippen molar-refractivity contribution in [3.63, 3.8) is 0 Å². The summed E-state index contributed by atoms with van der Waals surface area (Å²) in [5.74, 6) is 0.404. The molecule has 0 saturated carbocycles. The molecule has 2 aromatic carbocycles. The highest BCUT2D eigenvalue weighted by Gasteiger charge is 2.37. The summed E-state index contributed by atoms with van der Waals surface area (Å²) in [6.45, 7) is 13.1. The molecule has 0 amide bonds. The maximum Gasteiger partial charge on any atom is 0.210 e. The Hall–Kier alpha value is -1.67. The molecule has 0 unspecified atom stereocenters. The second kappa shape index (κ2) is 8.46. The van der Waals surface area contributed by atoms with Crippen LogP contribution in [0.25, 0.3) is 0 Å². The Morgan fingerprint density at radius 1 is 1.07 bits per heavy atom. The maximum absolute atomic E-state index is 13.3. The Labute approximate surface area is 181 Å². The third-order valence-corrected chi connectivity index (χ3v) is 12.6. The fourth-order valence-corrected chi connectivity index (χ4v) is 5.64. The Kier molecular flexibility index (Phi) is 6.48. The number of rotatable bonds is 6. The molecule has 7 heteroatoms. The van der Waals surface area contributed by atoms with E-state index in [4.69, 9.17) is 9.16 Å². The summed E-state index contributed by atoms with van der Waals surface area (Å²) in [5.41, 5.74) is 3.13. The first kappa shape index (κ1) is 23.0. The first-order valence-corrected chi connectivity index (χ1v) is 14.7. The van der Waals surface area contributed by atoms with Gasteiger partial charge in [-0.3, -0.25) is 0 Å². The first-order valence-electron chi connectivity index (χ1n) is 10.3. The van der Waals surface area contributed by atoms with Crippen LogP contribution in [0, 0.1) is 0 Å². The molecule has 2 aromatic rings. The van der Waals surface area contributed by atoms with Gasteiger partial charge in [0.25, 0.3) is 0 Å². The minimum absolute atomic E-state index is 0.133. The monoisotopic (exact) mass is 447 g/mol. The van der Waals surface area contributed by atoms with Crippen LogP contribution in [0.1, 0.15) is 37.5 Å². The minimum Gasteiger partial charge on any atom is -0.495 e. The van der Waals surface area contributed by atoms with Gasteiger partial charge in [0.05, 0.1) is 18.6 Å². The SMILES string of the molecule is COc1cc2c(cc1S(=O)(=O)c1ccc(CO[Si](C)(C)C(C)(C)C)cc1)CNCC2. The zero-order valence-electron chi connectivity index (χ0n) is 18.8. The van der Waals surface area contributed by atoms with Crippen molar-refractivity contribution < 1.29 is 17.6 Å². The fourth-order valence-electron chi connectivity index (χ4n) is 3.23. The average molecular weight is 448 g/mol. The molecule has 0 bridgehead atoms. The lowest BCUT2D eigenvalue weighted by Gasteiger charge is -2.36. The van der Waals surface area contributed by atoms with Crippen LogP contribution in [0.15, 0.2) is 46.2 Å². The highest BCUT2D eigenvalue weighted by atomic mass is 32.2. The van der Waals surface area contributed by atoms with Gasteiger partial charge in [0, 0.05) is 6.54 Å². The Balaban J connectivity index is 1.86. The number of hydrogen-bond donors (Lipinski definition) is 1. The van der Waals surface area contributed by atoms with Crippen LogP contribution in [0.3, 0.4) is 0 Å². The molecule has 5 nitrogen and oxygen atoms in total. The smallest absolute Gasteiger partial charge is 0.210 e. The molecule has 30 heavy (non-hydrogen) atoms. The van der Waals surface area contributed by atoms with Crippen molar-refractivity contribution in [2.45, 2.75) is 68.3 Å². The van der Waals surface area contributed by atoms with Crippen molar-refractivity contribution in [3.05, 3.63) is 53.1 Å². The number of sulfone groups is 1. The van der Waals surface area contributed by atoms with E-state index < -0.39 is 18.2 Å². The van der Waals surface area contributed by atoms with Crippen LogP contribution in [0.5, 0.6) is 5.75 Å². The second-order valence-corrected chi connectivity index (χ2v) is 16.1. The number of benzene rings is 2. The van der Waals surface area contributed by atoms with E-state index in [-0.39, 0.29) is 14.8 Å². The number of methoxy groups -OCH3 is 1. The topological polar surface area (TPSA) is 64.6 Å². The molecule has 0 radical (unpaired) electrons. The van der Waals surface area contributed by atoms with Crippen molar-refractivity contribution in [2.24, 2.45) is 0 Å². The molecule has 0 atom stereocenters. The third kappa shape index (κ3) is 4.64. The molecule has 0 saturated heterocycles. The van der Waals surface area contributed by atoms with Crippen molar-refractivity contribution >= 4 is 18.2 Å². The van der Waals surface area contributed by atoms with Crippen LogP contribution >= 0.6 is 0 Å². The highest BCUT2D eigenvalue weighted by Crippen LogP contribution is 2.37. The lowest BCUT2D eigenvalue weighted by molar-refractivity contribution is 0.276. The number of ether oxygens (including phenoxy) is 1. The van der Waals surface area contributed by atoms with Gasteiger partial charge < -0.3 is 14.5 Å². The average Bonchev–Trinajstić information content (AvgIpc) is 2.70. The van der Waals surface area contributed by atoms with E-state index in [0.29, 0.717) is 18.9 Å². The van der Waals surface area contributed by atoms with E-state index in [1.165, 1.54) is 7.11 Å². The summed E-state index contributed by atoms with van der Waals surface area (Å²) >= 11 is 0. The number of hydrogen-bond acceptors (Lipinski definition) is 5. The van der Waals surface area contributed by atoms with Gasteiger partial charge >= 0.3 is 0 Å². The third-order valence-electron chi connectivity index (χ3n) is 6.30. The van der Waals surface area contributed by atoms with E-state index in [2.05, 4.69) is 39.2 Å². The van der Waals surface area contributed by atoms with Gasteiger partial charge in [0.15, 0.2) is 8.32 Å². The van der Waals surface area contributed by atoms with Crippen molar-refractivity contribution in [2.75, 3.05) is 13.7 Å². The lowest BCUT2D eigenvalue weighted by Crippen LogP contribution is -2.40. The fraction of sp³-hybridized carbons (Fsp3) is 0.478. The molecule has 3 rings (SSSR count). The predicted octanol–water partition coefficient (Wildman–Crippen LogP) is 4.70. The Morgan fingerprint density at radius 2 is 1.73 bits per heavy atom. The molecule has 0 aromatic heterocycles. The Morgan fingerprint density at radius 3 is 2.33 bits per heavy atom. The zero-order chi connectivity index (χ0) is 22.2. The molecule has 1 aliphatic rings. The molecule has 1 heterocycles. The molecule has 0 spiro atoms. The van der Waals surface area contributed by atoms with Crippen LogP contribution in [0.2, 0.25) is 18.1 Å². The Bertz CT molecular complexity index is 1010. The van der Waals surface area contributed by atoms with E-state index in [1.807, 2.05) is 18.2 Å². The van der Waals surface area contributed by atoms with E-state index >= 15 is 0 Å². The van der Waals surface area contributed by atoms with E-state index in [9.17, 15) is 8.42 Å². The summed E-state index contributed by atoms with van der Waals surface area (Å²) in [6.07, 6.45) is 0.870. The number of nitrogens with one attached hydrogen (secondary N) is 1. The largest absolute Gasteiger partial charge is 0.495 e. The van der Waals surface area contributed by atoms with Gasteiger partial charge in [-0.15, -0.1) is 0 Å². The summed E-state index contributed by atoms with van der Waals surface area (Å²) in [6, 6.07) is 10.6. The molecule has 1 N–H and O–H groups in total. The summed E-state index contributed by atoms with van der Waals surface area (Å²) in [7, 11) is -4.02. The zero-order valence-corrected chi connectivity index (χ0v) is 20.7.